The van der Waals surface area contributed by atoms with Gasteiger partial charge in [-0.3, -0.25) is 0 Å². The molecular weight excluding hydrogens is 543 g/mol. The van der Waals surface area contributed by atoms with E-state index in [4.69, 9.17) is 4.74 Å². The summed E-state index contributed by atoms with van der Waals surface area (Å²) in [4.78, 5) is 13.5. The zero-order chi connectivity index (χ0) is 28.7. The van der Waals surface area contributed by atoms with Crippen LogP contribution in [0, 0.1) is 18.7 Å². The molecular formula is C28H34F3N5O3S. The quantitative estimate of drug-likeness (QED) is 0.403. The Labute approximate surface area is 232 Å². The SMILES string of the molecule is COc1nc2nc(C)nc(N[C@H](C)c3cccc(C(F)(F)C4CCNCC4)c3F)c2cc1C1CCS(=O)(=O)CC1. The molecule has 2 aromatic heterocycles. The number of benzene rings is 1. The number of ether oxygens (including phenoxy) is 1. The van der Waals surface area contributed by atoms with Crippen LogP contribution >= 0.6 is 0 Å². The highest BCUT2D eigenvalue weighted by Crippen LogP contribution is 2.43. The average Bonchev–Trinajstić information content (AvgIpc) is 2.93. The summed E-state index contributed by atoms with van der Waals surface area (Å²) >= 11 is 0. The lowest BCUT2D eigenvalue weighted by Crippen LogP contribution is -2.37. The van der Waals surface area contributed by atoms with Gasteiger partial charge in [-0.2, -0.15) is 4.98 Å². The maximum atomic E-state index is 15.7. The molecule has 1 atom stereocenters. The van der Waals surface area contributed by atoms with Crippen LogP contribution in [0.25, 0.3) is 11.0 Å². The van der Waals surface area contributed by atoms with Crippen molar-refractivity contribution >= 4 is 26.7 Å². The second-order valence-corrected chi connectivity index (χ2v) is 13.0. The number of nitrogens with zero attached hydrogens (tertiary/aromatic N) is 3. The van der Waals surface area contributed by atoms with Crippen LogP contribution in [0.3, 0.4) is 0 Å². The summed E-state index contributed by atoms with van der Waals surface area (Å²) < 4.78 is 76.0. The largest absolute Gasteiger partial charge is 0.481 e. The number of rotatable bonds is 7. The van der Waals surface area contributed by atoms with Gasteiger partial charge in [-0.05, 0) is 64.6 Å². The third-order valence-corrected chi connectivity index (χ3v) is 9.75. The number of alkyl halides is 2. The van der Waals surface area contributed by atoms with Gasteiger partial charge in [0.15, 0.2) is 5.65 Å². The lowest BCUT2D eigenvalue weighted by Gasteiger charge is -2.31. The number of sulfone groups is 1. The van der Waals surface area contributed by atoms with Crippen LogP contribution in [0.4, 0.5) is 19.0 Å². The summed E-state index contributed by atoms with van der Waals surface area (Å²) in [5.74, 6) is -3.88. The van der Waals surface area contributed by atoms with Crippen LogP contribution in [-0.2, 0) is 15.8 Å². The number of halogens is 3. The Kier molecular flexibility index (Phi) is 7.93. The fourth-order valence-corrected chi connectivity index (χ4v) is 7.25. The Balaban J connectivity index is 1.49. The first-order valence-corrected chi connectivity index (χ1v) is 15.4. The fraction of sp³-hybridized carbons (Fsp3) is 0.536. The number of hydrogen-bond acceptors (Lipinski definition) is 8. The topological polar surface area (TPSA) is 106 Å². The van der Waals surface area contributed by atoms with E-state index in [-0.39, 0.29) is 35.8 Å². The fourth-order valence-electron chi connectivity index (χ4n) is 5.76. The first-order chi connectivity index (χ1) is 19.0. The van der Waals surface area contributed by atoms with Crippen molar-refractivity contribution in [2.75, 3.05) is 37.0 Å². The van der Waals surface area contributed by atoms with Gasteiger partial charge in [-0.1, -0.05) is 18.2 Å². The van der Waals surface area contributed by atoms with Crippen molar-refractivity contribution in [3.8, 4) is 5.88 Å². The summed E-state index contributed by atoms with van der Waals surface area (Å²) in [6, 6.07) is 5.28. The number of hydrogen-bond donors (Lipinski definition) is 2. The monoisotopic (exact) mass is 577 g/mol. The number of piperidine rings is 1. The highest BCUT2D eigenvalue weighted by atomic mass is 32.2. The lowest BCUT2D eigenvalue weighted by atomic mass is 9.86. The van der Waals surface area contributed by atoms with E-state index >= 15 is 13.2 Å². The Hall–Kier alpha value is -2.99. The molecule has 4 heterocycles. The summed E-state index contributed by atoms with van der Waals surface area (Å²) in [6.45, 7) is 4.36. The highest BCUT2D eigenvalue weighted by molar-refractivity contribution is 7.91. The second-order valence-electron chi connectivity index (χ2n) is 10.7. The molecule has 5 rings (SSSR count). The van der Waals surface area contributed by atoms with Gasteiger partial charge in [-0.25, -0.2) is 31.6 Å². The van der Waals surface area contributed by atoms with E-state index in [0.29, 0.717) is 54.5 Å². The third kappa shape index (κ3) is 5.60. The Morgan fingerprint density at radius 1 is 1.10 bits per heavy atom. The van der Waals surface area contributed by atoms with Crippen molar-refractivity contribution < 1.29 is 26.3 Å². The molecule has 0 spiro atoms. The van der Waals surface area contributed by atoms with Gasteiger partial charge < -0.3 is 15.4 Å². The molecule has 0 radical (unpaired) electrons. The van der Waals surface area contributed by atoms with Gasteiger partial charge >= 0.3 is 0 Å². The molecule has 1 aromatic carbocycles. The van der Waals surface area contributed by atoms with E-state index in [9.17, 15) is 8.42 Å². The van der Waals surface area contributed by atoms with Crippen LogP contribution in [-0.4, -0.2) is 55.1 Å². The Morgan fingerprint density at radius 3 is 2.48 bits per heavy atom. The first-order valence-electron chi connectivity index (χ1n) is 13.6. The molecule has 2 saturated heterocycles. The molecule has 0 unspecified atom stereocenters. The van der Waals surface area contributed by atoms with Gasteiger partial charge in [0.05, 0.1) is 35.6 Å². The van der Waals surface area contributed by atoms with Gasteiger partial charge in [-0.15, -0.1) is 0 Å². The van der Waals surface area contributed by atoms with Gasteiger partial charge in [0.1, 0.15) is 27.3 Å². The van der Waals surface area contributed by atoms with Crippen LogP contribution in [0.1, 0.15) is 67.1 Å². The second kappa shape index (κ2) is 11.1. The smallest absolute Gasteiger partial charge is 0.278 e. The first kappa shape index (κ1) is 28.5. The molecule has 0 aliphatic carbocycles. The maximum absolute atomic E-state index is 15.7. The standard InChI is InChI=1S/C28H34F3N5O3S/c1-16(20-5-4-6-23(24(20)29)28(30,31)19-7-11-32-12-8-19)33-25-22-15-21(18-9-13-40(37,38)14-10-18)27(39-3)36-26(22)35-17(2)34-25/h4-6,15-16,18-19,32H,7-14H2,1-3H3,(H,33,34,35,36)/t16-/m1/s1. The average molecular weight is 578 g/mol. The molecule has 0 bridgehead atoms. The molecule has 8 nitrogen and oxygen atoms in total. The van der Waals surface area contributed by atoms with E-state index in [0.717, 1.165) is 5.56 Å². The molecule has 12 heteroatoms. The minimum Gasteiger partial charge on any atom is -0.481 e. The molecule has 2 aliphatic heterocycles. The molecule has 3 aromatic rings. The molecule has 2 fully saturated rings. The van der Waals surface area contributed by atoms with Crippen molar-refractivity contribution in [3.05, 3.63) is 52.6 Å². The summed E-state index contributed by atoms with van der Waals surface area (Å²) in [5.41, 5.74) is 0.630. The van der Waals surface area contributed by atoms with Crippen LogP contribution in [0.15, 0.2) is 24.3 Å². The number of aromatic nitrogens is 3. The summed E-state index contributed by atoms with van der Waals surface area (Å²) in [5, 5.41) is 6.83. The summed E-state index contributed by atoms with van der Waals surface area (Å²) in [7, 11) is -1.56. The zero-order valence-electron chi connectivity index (χ0n) is 22.8. The molecule has 0 saturated carbocycles. The predicted molar refractivity (Wildman–Crippen MR) is 147 cm³/mol. The van der Waals surface area contributed by atoms with Crippen molar-refractivity contribution in [3.63, 3.8) is 0 Å². The molecule has 40 heavy (non-hydrogen) atoms. The third-order valence-electron chi connectivity index (χ3n) is 8.04. The van der Waals surface area contributed by atoms with Crippen LogP contribution in [0.2, 0.25) is 0 Å². The van der Waals surface area contributed by atoms with Gasteiger partial charge in [0.25, 0.3) is 5.92 Å². The van der Waals surface area contributed by atoms with E-state index in [1.54, 1.807) is 13.8 Å². The molecule has 2 N–H and O–H groups in total. The zero-order valence-corrected chi connectivity index (χ0v) is 23.6. The Morgan fingerprint density at radius 2 is 1.80 bits per heavy atom. The minimum absolute atomic E-state index is 0.0757. The summed E-state index contributed by atoms with van der Waals surface area (Å²) in [6.07, 6.45) is 1.45. The van der Waals surface area contributed by atoms with E-state index in [2.05, 4.69) is 25.6 Å². The van der Waals surface area contributed by atoms with E-state index in [1.165, 1.54) is 25.3 Å². The molecule has 2 aliphatic rings. The molecule has 216 valence electrons. The number of nitrogens with one attached hydrogen (secondary N) is 2. The lowest BCUT2D eigenvalue weighted by molar-refractivity contribution is -0.0781. The minimum atomic E-state index is -3.29. The van der Waals surface area contributed by atoms with Crippen LogP contribution < -0.4 is 15.4 Å². The highest BCUT2D eigenvalue weighted by Gasteiger charge is 2.44. The van der Waals surface area contributed by atoms with E-state index in [1.807, 2.05) is 6.07 Å². The van der Waals surface area contributed by atoms with Crippen molar-refractivity contribution in [2.45, 2.75) is 57.4 Å². The maximum Gasteiger partial charge on any atom is 0.278 e. The van der Waals surface area contributed by atoms with Crippen molar-refractivity contribution in [2.24, 2.45) is 5.92 Å². The molecule has 0 amide bonds. The predicted octanol–water partition coefficient (Wildman–Crippen LogP) is 5.04. The number of fused-ring (bicyclic) bond motifs is 1. The van der Waals surface area contributed by atoms with Crippen molar-refractivity contribution in [1.29, 1.82) is 0 Å². The number of methoxy groups -OCH3 is 1. The number of aryl methyl sites for hydroxylation is 1. The van der Waals surface area contributed by atoms with Crippen LogP contribution in [0.5, 0.6) is 5.88 Å². The van der Waals surface area contributed by atoms with Gasteiger partial charge in [0.2, 0.25) is 5.88 Å². The number of anilines is 1. The van der Waals surface area contributed by atoms with E-state index < -0.39 is 39.1 Å². The van der Waals surface area contributed by atoms with Crippen molar-refractivity contribution in [1.82, 2.24) is 20.3 Å². The number of pyridine rings is 1. The normalized spacial score (nSPS) is 19.4. The Bertz CT molecular complexity index is 1500. The van der Waals surface area contributed by atoms with Gasteiger partial charge in [0, 0.05) is 17.0 Å².